The van der Waals surface area contributed by atoms with Crippen LogP contribution in [0.25, 0.3) is 0 Å². The number of thioether (sulfide) groups is 1. The summed E-state index contributed by atoms with van der Waals surface area (Å²) in [6.45, 7) is 0.701. The Bertz CT molecular complexity index is 428. The third-order valence-electron chi connectivity index (χ3n) is 2.15. The lowest BCUT2D eigenvalue weighted by Crippen LogP contribution is -2.02. The number of nitrogens with zero attached hydrogens (tertiary/aromatic N) is 2. The molecule has 0 bridgehead atoms. The van der Waals surface area contributed by atoms with Crippen LogP contribution in [0.3, 0.4) is 0 Å². The quantitative estimate of drug-likeness (QED) is 0.821. The van der Waals surface area contributed by atoms with Gasteiger partial charge in [-0.2, -0.15) is 0 Å². The summed E-state index contributed by atoms with van der Waals surface area (Å²) in [7, 11) is 0. The molecule has 0 unspecified atom stereocenters. The van der Waals surface area contributed by atoms with Crippen LogP contribution in [-0.2, 0) is 6.54 Å². The third-order valence-corrected chi connectivity index (χ3v) is 2.86. The molecule has 0 aromatic carbocycles. The van der Waals surface area contributed by atoms with E-state index in [4.69, 9.17) is 0 Å². The average molecular weight is 231 g/mol. The summed E-state index contributed by atoms with van der Waals surface area (Å²) >= 11 is 1.69. The van der Waals surface area contributed by atoms with Gasteiger partial charge in [0.05, 0.1) is 12.2 Å². The number of hydrogen-bond donors (Lipinski definition) is 1. The Morgan fingerprint density at radius 2 is 2.12 bits per heavy atom. The third kappa shape index (κ3) is 2.97. The van der Waals surface area contributed by atoms with Gasteiger partial charge in [0, 0.05) is 17.3 Å². The number of anilines is 1. The maximum Gasteiger partial charge on any atom is 0.126 e. The smallest absolute Gasteiger partial charge is 0.126 e. The molecule has 0 atom stereocenters. The van der Waals surface area contributed by atoms with Gasteiger partial charge in [-0.1, -0.05) is 6.07 Å². The van der Waals surface area contributed by atoms with E-state index in [1.54, 1.807) is 18.0 Å². The van der Waals surface area contributed by atoms with Crippen LogP contribution in [0.5, 0.6) is 0 Å². The fraction of sp³-hybridized carbons (Fsp3) is 0.167. The zero-order chi connectivity index (χ0) is 11.2. The molecule has 4 heteroatoms. The zero-order valence-corrected chi connectivity index (χ0v) is 9.87. The summed E-state index contributed by atoms with van der Waals surface area (Å²) < 4.78 is 0. The molecule has 3 nitrogen and oxygen atoms in total. The highest BCUT2D eigenvalue weighted by Crippen LogP contribution is 2.14. The van der Waals surface area contributed by atoms with Crippen molar-refractivity contribution in [2.45, 2.75) is 11.4 Å². The summed E-state index contributed by atoms with van der Waals surface area (Å²) in [6.07, 6.45) is 5.70. The van der Waals surface area contributed by atoms with E-state index < -0.39 is 0 Å². The van der Waals surface area contributed by atoms with E-state index in [0.717, 1.165) is 11.5 Å². The van der Waals surface area contributed by atoms with Crippen molar-refractivity contribution in [2.75, 3.05) is 11.6 Å². The van der Waals surface area contributed by atoms with Crippen molar-refractivity contribution in [3.63, 3.8) is 0 Å². The monoisotopic (exact) mass is 231 g/mol. The first-order chi connectivity index (χ1) is 7.88. The number of aromatic nitrogens is 2. The molecule has 0 aliphatic rings. The minimum absolute atomic E-state index is 0.701. The fourth-order valence-corrected chi connectivity index (χ4v) is 1.65. The number of pyridine rings is 2. The molecule has 2 heterocycles. The van der Waals surface area contributed by atoms with E-state index in [9.17, 15) is 0 Å². The molecule has 2 rings (SSSR count). The summed E-state index contributed by atoms with van der Waals surface area (Å²) in [4.78, 5) is 9.71. The second-order valence-electron chi connectivity index (χ2n) is 3.26. The standard InChI is InChI=1S/C12H13N3S/c1-16-11-5-6-12(15-9-11)14-8-10-4-2-3-7-13-10/h2-7,9H,8H2,1H3,(H,14,15). The maximum atomic E-state index is 4.30. The maximum absolute atomic E-state index is 4.30. The van der Waals surface area contributed by atoms with Gasteiger partial charge in [0.15, 0.2) is 0 Å². The Hall–Kier alpha value is -1.55. The molecule has 1 N–H and O–H groups in total. The van der Waals surface area contributed by atoms with Gasteiger partial charge in [-0.15, -0.1) is 11.8 Å². The first kappa shape index (κ1) is 11.0. The van der Waals surface area contributed by atoms with Crippen molar-refractivity contribution in [1.29, 1.82) is 0 Å². The minimum atomic E-state index is 0.701. The second-order valence-corrected chi connectivity index (χ2v) is 4.14. The van der Waals surface area contributed by atoms with Crippen molar-refractivity contribution in [3.05, 3.63) is 48.4 Å². The van der Waals surface area contributed by atoms with Crippen LogP contribution in [0.2, 0.25) is 0 Å². The normalized spacial score (nSPS) is 10.1. The molecule has 0 spiro atoms. The Kier molecular flexibility index (Phi) is 3.77. The zero-order valence-electron chi connectivity index (χ0n) is 9.05. The van der Waals surface area contributed by atoms with Crippen LogP contribution in [0.15, 0.2) is 47.6 Å². The van der Waals surface area contributed by atoms with Crippen LogP contribution >= 0.6 is 11.8 Å². The van der Waals surface area contributed by atoms with Crippen LogP contribution in [0, 0.1) is 0 Å². The van der Waals surface area contributed by atoms with Gasteiger partial charge in [-0.05, 0) is 30.5 Å². The molecule has 0 fully saturated rings. The van der Waals surface area contributed by atoms with Crippen molar-refractivity contribution in [2.24, 2.45) is 0 Å². The molecule has 2 aromatic rings. The molecular formula is C12H13N3S. The van der Waals surface area contributed by atoms with Crippen molar-refractivity contribution in [3.8, 4) is 0 Å². The van der Waals surface area contributed by atoms with Gasteiger partial charge in [0.2, 0.25) is 0 Å². The van der Waals surface area contributed by atoms with E-state index in [-0.39, 0.29) is 0 Å². The Morgan fingerprint density at radius 1 is 1.19 bits per heavy atom. The van der Waals surface area contributed by atoms with E-state index in [1.165, 1.54) is 4.90 Å². The summed E-state index contributed by atoms with van der Waals surface area (Å²) in [6, 6.07) is 9.92. The van der Waals surface area contributed by atoms with Crippen LogP contribution in [-0.4, -0.2) is 16.2 Å². The molecule has 2 aromatic heterocycles. The van der Waals surface area contributed by atoms with Crippen molar-refractivity contribution < 1.29 is 0 Å². The van der Waals surface area contributed by atoms with E-state index in [1.807, 2.05) is 36.7 Å². The lowest BCUT2D eigenvalue weighted by Gasteiger charge is -2.05. The highest BCUT2D eigenvalue weighted by atomic mass is 32.2. The van der Waals surface area contributed by atoms with Crippen molar-refractivity contribution >= 4 is 17.6 Å². The molecule has 0 saturated heterocycles. The largest absolute Gasteiger partial charge is 0.364 e. The van der Waals surface area contributed by atoms with Gasteiger partial charge in [0.1, 0.15) is 5.82 Å². The molecular weight excluding hydrogens is 218 g/mol. The molecule has 82 valence electrons. The van der Waals surface area contributed by atoms with Gasteiger partial charge in [0.25, 0.3) is 0 Å². The predicted molar refractivity (Wildman–Crippen MR) is 67.6 cm³/mol. The lowest BCUT2D eigenvalue weighted by molar-refractivity contribution is 1.03. The number of rotatable bonds is 4. The average Bonchev–Trinajstić information content (AvgIpc) is 2.38. The van der Waals surface area contributed by atoms with Crippen LogP contribution in [0.4, 0.5) is 5.82 Å². The van der Waals surface area contributed by atoms with Crippen LogP contribution < -0.4 is 5.32 Å². The molecule has 0 aliphatic heterocycles. The highest BCUT2D eigenvalue weighted by molar-refractivity contribution is 7.98. The summed E-state index contributed by atoms with van der Waals surface area (Å²) in [5.74, 6) is 0.878. The first-order valence-electron chi connectivity index (χ1n) is 5.02. The van der Waals surface area contributed by atoms with Gasteiger partial charge >= 0.3 is 0 Å². The fourth-order valence-electron chi connectivity index (χ4n) is 1.29. The molecule has 0 saturated carbocycles. The topological polar surface area (TPSA) is 37.8 Å². The van der Waals surface area contributed by atoms with Gasteiger partial charge in [-0.3, -0.25) is 4.98 Å². The second kappa shape index (κ2) is 5.51. The van der Waals surface area contributed by atoms with Gasteiger partial charge < -0.3 is 5.32 Å². The van der Waals surface area contributed by atoms with Crippen LogP contribution in [0.1, 0.15) is 5.69 Å². The molecule has 0 amide bonds. The Morgan fingerprint density at radius 3 is 2.75 bits per heavy atom. The first-order valence-corrected chi connectivity index (χ1v) is 6.25. The minimum Gasteiger partial charge on any atom is -0.364 e. The summed E-state index contributed by atoms with van der Waals surface area (Å²) in [5.41, 5.74) is 1.01. The summed E-state index contributed by atoms with van der Waals surface area (Å²) in [5, 5.41) is 3.23. The predicted octanol–water partition coefficient (Wildman–Crippen LogP) is 2.81. The highest BCUT2D eigenvalue weighted by Gasteiger charge is 1.96. The Labute approximate surface area is 99.3 Å². The molecule has 16 heavy (non-hydrogen) atoms. The van der Waals surface area contributed by atoms with Crippen molar-refractivity contribution in [1.82, 2.24) is 9.97 Å². The molecule has 0 radical (unpaired) electrons. The Balaban J connectivity index is 1.94. The molecule has 0 aliphatic carbocycles. The SMILES string of the molecule is CSc1ccc(NCc2ccccn2)nc1. The van der Waals surface area contributed by atoms with Gasteiger partial charge in [-0.25, -0.2) is 4.98 Å². The van der Waals surface area contributed by atoms with E-state index >= 15 is 0 Å². The number of nitrogens with one attached hydrogen (secondary N) is 1. The lowest BCUT2D eigenvalue weighted by atomic mass is 10.3. The van der Waals surface area contributed by atoms with E-state index in [0.29, 0.717) is 6.54 Å². The van der Waals surface area contributed by atoms with E-state index in [2.05, 4.69) is 21.4 Å². The number of hydrogen-bond acceptors (Lipinski definition) is 4.